The largest absolute Gasteiger partial charge is 0.382 e. The van der Waals surface area contributed by atoms with E-state index in [4.69, 9.17) is 5.73 Å². The first-order valence-corrected chi connectivity index (χ1v) is 7.51. The molecule has 1 heterocycles. The number of hydrogen-bond donors (Lipinski definition) is 2. The van der Waals surface area contributed by atoms with Crippen LogP contribution in [0, 0.1) is 6.92 Å². The summed E-state index contributed by atoms with van der Waals surface area (Å²) in [4.78, 5) is 0. The minimum atomic E-state index is 0.182. The molecule has 106 valence electrons. The Labute approximate surface area is 120 Å². The van der Waals surface area contributed by atoms with Gasteiger partial charge in [-0.2, -0.15) is 5.10 Å². The van der Waals surface area contributed by atoms with E-state index in [0.717, 1.165) is 5.56 Å². The number of nitrogens with two attached hydrogens (primary N) is 1. The quantitative estimate of drug-likeness (QED) is 0.859. The van der Waals surface area contributed by atoms with Crippen LogP contribution in [0.3, 0.4) is 0 Å². The van der Waals surface area contributed by atoms with Crippen molar-refractivity contribution in [2.45, 2.75) is 51.4 Å². The van der Waals surface area contributed by atoms with Gasteiger partial charge in [-0.3, -0.25) is 5.10 Å². The number of aromatic amines is 1. The molecule has 0 spiro atoms. The highest BCUT2D eigenvalue weighted by Crippen LogP contribution is 2.43. The maximum Gasteiger partial charge on any atom is 0.153 e. The zero-order valence-corrected chi connectivity index (χ0v) is 12.4. The average Bonchev–Trinajstić information content (AvgIpc) is 2.82. The molecule has 0 bridgehead atoms. The highest BCUT2D eigenvalue weighted by molar-refractivity contribution is 5.77. The van der Waals surface area contributed by atoms with Gasteiger partial charge in [0.15, 0.2) is 5.82 Å². The Balaban J connectivity index is 2.10. The number of nitrogens with one attached hydrogen (secondary N) is 1. The zero-order chi connectivity index (χ0) is 14.2. The minimum Gasteiger partial charge on any atom is -0.382 e. The van der Waals surface area contributed by atoms with Gasteiger partial charge in [0.05, 0.1) is 5.69 Å². The maximum absolute atomic E-state index is 6.15. The predicted octanol–water partition coefficient (Wildman–Crippen LogP) is 4.19. The van der Waals surface area contributed by atoms with E-state index in [0.29, 0.717) is 5.82 Å². The summed E-state index contributed by atoms with van der Waals surface area (Å²) in [5.74, 6) is 0.623. The number of H-pyrrole nitrogens is 1. The number of anilines is 1. The molecule has 20 heavy (non-hydrogen) atoms. The monoisotopic (exact) mass is 269 g/mol. The normalized spacial score (nSPS) is 18.1. The molecule has 0 unspecified atom stereocenters. The molecule has 0 aliphatic heterocycles. The molecule has 3 rings (SSSR count). The van der Waals surface area contributed by atoms with Gasteiger partial charge in [0.1, 0.15) is 0 Å². The molecule has 0 amide bonds. The summed E-state index contributed by atoms with van der Waals surface area (Å²) >= 11 is 0. The minimum absolute atomic E-state index is 0.182. The van der Waals surface area contributed by atoms with Crippen LogP contribution in [0.1, 0.15) is 50.3 Å². The highest BCUT2D eigenvalue weighted by Gasteiger charge is 2.33. The van der Waals surface area contributed by atoms with E-state index in [1.165, 1.54) is 48.9 Å². The van der Waals surface area contributed by atoms with Gasteiger partial charge in [0.2, 0.25) is 0 Å². The molecule has 1 aromatic heterocycles. The van der Waals surface area contributed by atoms with Crippen LogP contribution in [0.5, 0.6) is 0 Å². The molecule has 1 fully saturated rings. The fourth-order valence-electron chi connectivity index (χ4n) is 3.47. The van der Waals surface area contributed by atoms with Crippen LogP contribution in [-0.2, 0) is 5.41 Å². The first kappa shape index (κ1) is 13.2. The Kier molecular flexibility index (Phi) is 3.28. The third kappa shape index (κ3) is 2.21. The van der Waals surface area contributed by atoms with Crippen molar-refractivity contribution in [1.29, 1.82) is 0 Å². The predicted molar refractivity (Wildman–Crippen MR) is 83.6 cm³/mol. The molecule has 0 atom stereocenters. The van der Waals surface area contributed by atoms with E-state index in [9.17, 15) is 0 Å². The highest BCUT2D eigenvalue weighted by atomic mass is 15.2. The molecule has 3 heteroatoms. The molecule has 1 aliphatic rings. The molecule has 2 aromatic rings. The van der Waals surface area contributed by atoms with E-state index in [1.807, 2.05) is 0 Å². The van der Waals surface area contributed by atoms with Gasteiger partial charge < -0.3 is 5.73 Å². The number of nitrogen functional groups attached to an aromatic ring is 1. The van der Waals surface area contributed by atoms with Crippen molar-refractivity contribution < 1.29 is 0 Å². The Bertz CT molecular complexity index is 606. The standard InChI is InChI=1S/C17H23N3/c1-12-7-6-8-13(11-12)14-15(19-20-16(14)18)17(2)9-4-3-5-10-17/h6-8,11H,3-5,9-10H2,1-2H3,(H3,18,19,20). The molecular weight excluding hydrogens is 246 g/mol. The van der Waals surface area contributed by atoms with Gasteiger partial charge in [0, 0.05) is 11.0 Å². The molecule has 1 saturated carbocycles. The summed E-state index contributed by atoms with van der Waals surface area (Å²) in [5.41, 5.74) is 11.1. The molecule has 1 aromatic carbocycles. The van der Waals surface area contributed by atoms with Gasteiger partial charge in [-0.25, -0.2) is 0 Å². The van der Waals surface area contributed by atoms with Crippen molar-refractivity contribution in [1.82, 2.24) is 10.2 Å². The average molecular weight is 269 g/mol. The molecule has 0 radical (unpaired) electrons. The van der Waals surface area contributed by atoms with Crippen LogP contribution in [-0.4, -0.2) is 10.2 Å². The summed E-state index contributed by atoms with van der Waals surface area (Å²) < 4.78 is 0. The number of hydrogen-bond acceptors (Lipinski definition) is 2. The van der Waals surface area contributed by atoms with Crippen molar-refractivity contribution in [3.05, 3.63) is 35.5 Å². The summed E-state index contributed by atoms with van der Waals surface area (Å²) in [6.07, 6.45) is 6.37. The first-order valence-electron chi connectivity index (χ1n) is 7.51. The Morgan fingerprint density at radius 3 is 2.65 bits per heavy atom. The summed E-state index contributed by atoms with van der Waals surface area (Å²) in [6.45, 7) is 4.46. The molecule has 0 saturated heterocycles. The topological polar surface area (TPSA) is 54.7 Å². The van der Waals surface area contributed by atoms with Gasteiger partial charge in [0.25, 0.3) is 0 Å². The van der Waals surface area contributed by atoms with Crippen LogP contribution >= 0.6 is 0 Å². The number of nitrogens with zero attached hydrogens (tertiary/aromatic N) is 1. The van der Waals surface area contributed by atoms with Gasteiger partial charge in [-0.15, -0.1) is 0 Å². The first-order chi connectivity index (χ1) is 9.60. The molecule has 1 aliphatic carbocycles. The zero-order valence-electron chi connectivity index (χ0n) is 12.4. The van der Waals surface area contributed by atoms with Crippen LogP contribution in [0.15, 0.2) is 24.3 Å². The number of rotatable bonds is 2. The summed E-state index contributed by atoms with van der Waals surface area (Å²) in [7, 11) is 0. The third-order valence-electron chi connectivity index (χ3n) is 4.66. The lowest BCUT2D eigenvalue weighted by Crippen LogP contribution is -2.26. The lowest BCUT2D eigenvalue weighted by atomic mass is 9.72. The number of benzene rings is 1. The lowest BCUT2D eigenvalue weighted by molar-refractivity contribution is 0.312. The van der Waals surface area contributed by atoms with Gasteiger partial charge >= 0.3 is 0 Å². The number of aromatic nitrogens is 2. The SMILES string of the molecule is Cc1cccc(-c2c(N)n[nH]c2C2(C)CCCCC2)c1. The Morgan fingerprint density at radius 1 is 1.20 bits per heavy atom. The van der Waals surface area contributed by atoms with Crippen LogP contribution in [0.4, 0.5) is 5.82 Å². The van der Waals surface area contributed by atoms with E-state index in [2.05, 4.69) is 48.3 Å². The van der Waals surface area contributed by atoms with Gasteiger partial charge in [-0.1, -0.05) is 56.0 Å². The van der Waals surface area contributed by atoms with E-state index < -0.39 is 0 Å². The van der Waals surface area contributed by atoms with Crippen LogP contribution < -0.4 is 5.73 Å². The van der Waals surface area contributed by atoms with Crippen molar-refractivity contribution >= 4 is 5.82 Å². The molecular formula is C17H23N3. The van der Waals surface area contributed by atoms with Crippen LogP contribution in [0.2, 0.25) is 0 Å². The fourth-order valence-corrected chi connectivity index (χ4v) is 3.47. The number of aryl methyl sites for hydroxylation is 1. The van der Waals surface area contributed by atoms with Crippen molar-refractivity contribution in [3.63, 3.8) is 0 Å². The summed E-state index contributed by atoms with van der Waals surface area (Å²) in [6, 6.07) is 8.52. The van der Waals surface area contributed by atoms with E-state index in [1.54, 1.807) is 0 Å². The van der Waals surface area contributed by atoms with Crippen molar-refractivity contribution in [2.24, 2.45) is 0 Å². The maximum atomic E-state index is 6.15. The summed E-state index contributed by atoms with van der Waals surface area (Å²) in [5, 5.41) is 7.52. The third-order valence-corrected chi connectivity index (χ3v) is 4.66. The van der Waals surface area contributed by atoms with E-state index in [-0.39, 0.29) is 5.41 Å². The van der Waals surface area contributed by atoms with Crippen molar-refractivity contribution in [3.8, 4) is 11.1 Å². The smallest absolute Gasteiger partial charge is 0.153 e. The second-order valence-electron chi connectivity index (χ2n) is 6.35. The molecule has 3 nitrogen and oxygen atoms in total. The van der Waals surface area contributed by atoms with Gasteiger partial charge in [-0.05, 0) is 25.3 Å². The Hall–Kier alpha value is -1.77. The van der Waals surface area contributed by atoms with Crippen LogP contribution in [0.25, 0.3) is 11.1 Å². The second kappa shape index (κ2) is 4.97. The Morgan fingerprint density at radius 2 is 1.95 bits per heavy atom. The lowest BCUT2D eigenvalue weighted by Gasteiger charge is -2.33. The fraction of sp³-hybridized carbons (Fsp3) is 0.471. The van der Waals surface area contributed by atoms with E-state index >= 15 is 0 Å². The second-order valence-corrected chi connectivity index (χ2v) is 6.35. The molecule has 3 N–H and O–H groups in total. The van der Waals surface area contributed by atoms with Crippen molar-refractivity contribution in [2.75, 3.05) is 5.73 Å².